The second kappa shape index (κ2) is 5.10. The Morgan fingerprint density at radius 1 is 1.62 bits per heavy atom. The predicted molar refractivity (Wildman–Crippen MR) is 67.2 cm³/mol. The summed E-state index contributed by atoms with van der Waals surface area (Å²) in [5.41, 5.74) is 4.79. The van der Waals surface area contributed by atoms with E-state index in [0.29, 0.717) is 6.54 Å². The second-order valence-electron chi connectivity index (χ2n) is 4.81. The van der Waals surface area contributed by atoms with Crippen molar-refractivity contribution in [1.82, 2.24) is 4.90 Å². The van der Waals surface area contributed by atoms with Crippen LogP contribution < -0.4 is 5.73 Å². The Hall–Kier alpha value is -0.680. The summed E-state index contributed by atoms with van der Waals surface area (Å²) >= 11 is 4.91. The van der Waals surface area contributed by atoms with E-state index in [1.807, 2.05) is 0 Å². The van der Waals surface area contributed by atoms with Crippen LogP contribution >= 0.6 is 12.2 Å². The maximum atomic E-state index is 12.1. The number of thiocarbonyl (C=S) groups is 1. The van der Waals surface area contributed by atoms with Crippen molar-refractivity contribution in [1.29, 1.82) is 0 Å². The van der Waals surface area contributed by atoms with Gasteiger partial charge in [-0.05, 0) is 26.7 Å². The van der Waals surface area contributed by atoms with Crippen molar-refractivity contribution in [2.45, 2.75) is 32.8 Å². The molecular weight excluding hydrogens is 224 g/mol. The Labute approximate surface area is 102 Å². The molecule has 0 aromatic rings. The summed E-state index contributed by atoms with van der Waals surface area (Å²) in [5.74, 6) is -0.0458. The highest BCUT2D eigenvalue weighted by Gasteiger charge is 2.34. The van der Waals surface area contributed by atoms with E-state index in [9.17, 15) is 4.79 Å². The van der Waals surface area contributed by atoms with Gasteiger partial charge in [0.2, 0.25) is 5.91 Å². The number of rotatable bonds is 4. The smallest absolute Gasteiger partial charge is 0.234 e. The van der Waals surface area contributed by atoms with Gasteiger partial charge in [-0.3, -0.25) is 4.79 Å². The van der Waals surface area contributed by atoms with Crippen LogP contribution in [0.15, 0.2) is 0 Å². The summed E-state index contributed by atoms with van der Waals surface area (Å²) < 4.78 is 5.49. The van der Waals surface area contributed by atoms with Gasteiger partial charge >= 0.3 is 0 Å². The van der Waals surface area contributed by atoms with Gasteiger partial charge in [0, 0.05) is 20.2 Å². The lowest BCUT2D eigenvalue weighted by molar-refractivity contribution is -0.136. The van der Waals surface area contributed by atoms with Crippen LogP contribution in [-0.2, 0) is 9.53 Å². The molecule has 1 heterocycles. The molecule has 0 bridgehead atoms. The first-order chi connectivity index (χ1) is 7.35. The summed E-state index contributed by atoms with van der Waals surface area (Å²) in [7, 11) is 1.77. The van der Waals surface area contributed by atoms with Crippen molar-refractivity contribution in [2.75, 3.05) is 20.2 Å². The van der Waals surface area contributed by atoms with Gasteiger partial charge in [-0.15, -0.1) is 0 Å². The molecule has 1 unspecified atom stereocenters. The van der Waals surface area contributed by atoms with Crippen molar-refractivity contribution < 1.29 is 9.53 Å². The number of amides is 1. The Morgan fingerprint density at radius 3 is 2.69 bits per heavy atom. The summed E-state index contributed by atoms with van der Waals surface area (Å²) in [4.78, 5) is 14.0. The molecular formula is C11H20N2O2S. The number of ether oxygens (including phenoxy) is 1. The minimum absolute atomic E-state index is 0.0458. The fourth-order valence-corrected chi connectivity index (χ4v) is 1.85. The number of carbonyl (C=O) groups is 1. The van der Waals surface area contributed by atoms with Crippen molar-refractivity contribution in [3.05, 3.63) is 0 Å². The van der Waals surface area contributed by atoms with Crippen molar-refractivity contribution in [2.24, 2.45) is 11.1 Å². The third kappa shape index (κ3) is 2.92. The molecule has 0 spiro atoms. The molecule has 0 aromatic carbocycles. The minimum Gasteiger partial charge on any atom is -0.392 e. The zero-order chi connectivity index (χ0) is 12.3. The van der Waals surface area contributed by atoms with E-state index in [4.69, 9.17) is 22.7 Å². The van der Waals surface area contributed by atoms with Crippen LogP contribution in [0.2, 0.25) is 0 Å². The number of likely N-dealkylation sites (N-methyl/N-ethyl adjacent to an activating group) is 1. The predicted octanol–water partition coefficient (Wildman–Crippen LogP) is 0.936. The quantitative estimate of drug-likeness (QED) is 0.748. The van der Waals surface area contributed by atoms with Gasteiger partial charge in [0.05, 0.1) is 16.5 Å². The molecule has 0 saturated carbocycles. The van der Waals surface area contributed by atoms with Crippen LogP contribution in [0.25, 0.3) is 0 Å². The summed E-state index contributed by atoms with van der Waals surface area (Å²) in [6, 6.07) is 0. The van der Waals surface area contributed by atoms with Crippen molar-refractivity contribution >= 4 is 23.1 Å². The Kier molecular flexibility index (Phi) is 4.27. The SMILES string of the molecule is CN(CC1CCCO1)C(=O)C(C)(C)C(N)=S. The van der Waals surface area contributed by atoms with E-state index in [1.54, 1.807) is 25.8 Å². The Bertz CT molecular complexity index is 286. The molecule has 1 aliphatic heterocycles. The lowest BCUT2D eigenvalue weighted by atomic mass is 9.91. The largest absolute Gasteiger partial charge is 0.392 e. The fraction of sp³-hybridized carbons (Fsp3) is 0.818. The van der Waals surface area contributed by atoms with E-state index in [-0.39, 0.29) is 17.0 Å². The first-order valence-corrected chi connectivity index (χ1v) is 5.93. The fourth-order valence-electron chi connectivity index (χ4n) is 1.76. The zero-order valence-corrected chi connectivity index (χ0v) is 11.0. The van der Waals surface area contributed by atoms with Crippen LogP contribution in [0, 0.1) is 5.41 Å². The van der Waals surface area contributed by atoms with Gasteiger partial charge in [-0.25, -0.2) is 0 Å². The first kappa shape index (κ1) is 13.4. The standard InChI is InChI=1S/C11H20N2O2S/c1-11(2,9(12)16)10(14)13(3)7-8-5-4-6-15-8/h8H,4-7H2,1-3H3,(H2,12,16). The summed E-state index contributed by atoms with van der Waals surface area (Å²) in [6.07, 6.45) is 2.26. The number of hydrogen-bond donors (Lipinski definition) is 1. The number of nitrogens with two attached hydrogens (primary N) is 1. The molecule has 0 radical (unpaired) electrons. The maximum Gasteiger partial charge on any atom is 0.234 e. The van der Waals surface area contributed by atoms with E-state index < -0.39 is 5.41 Å². The molecule has 5 heteroatoms. The van der Waals surface area contributed by atoms with Crippen LogP contribution in [0.5, 0.6) is 0 Å². The molecule has 92 valence electrons. The van der Waals surface area contributed by atoms with E-state index in [2.05, 4.69) is 0 Å². The average Bonchev–Trinajstić information content (AvgIpc) is 2.68. The normalized spacial score (nSPS) is 20.8. The maximum absolute atomic E-state index is 12.1. The van der Waals surface area contributed by atoms with Crippen LogP contribution in [-0.4, -0.2) is 42.1 Å². The first-order valence-electron chi connectivity index (χ1n) is 5.52. The Morgan fingerprint density at radius 2 is 2.25 bits per heavy atom. The van der Waals surface area contributed by atoms with Crippen LogP contribution in [0.1, 0.15) is 26.7 Å². The topological polar surface area (TPSA) is 55.6 Å². The molecule has 1 amide bonds. The number of carbonyl (C=O) groups excluding carboxylic acids is 1. The lowest BCUT2D eigenvalue weighted by Crippen LogP contribution is -2.47. The molecule has 2 N–H and O–H groups in total. The van der Waals surface area contributed by atoms with E-state index in [0.717, 1.165) is 19.4 Å². The third-order valence-electron chi connectivity index (χ3n) is 3.00. The average molecular weight is 244 g/mol. The van der Waals surface area contributed by atoms with Crippen molar-refractivity contribution in [3.8, 4) is 0 Å². The zero-order valence-electron chi connectivity index (χ0n) is 10.2. The molecule has 16 heavy (non-hydrogen) atoms. The van der Waals surface area contributed by atoms with Crippen molar-refractivity contribution in [3.63, 3.8) is 0 Å². The molecule has 1 aliphatic rings. The van der Waals surface area contributed by atoms with Gasteiger partial charge in [0.1, 0.15) is 0 Å². The van der Waals surface area contributed by atoms with Crippen LogP contribution in [0.3, 0.4) is 0 Å². The number of nitrogens with zero attached hydrogens (tertiary/aromatic N) is 1. The molecule has 0 aliphatic carbocycles. The van der Waals surface area contributed by atoms with Gasteiger partial charge in [-0.1, -0.05) is 12.2 Å². The van der Waals surface area contributed by atoms with Gasteiger partial charge in [-0.2, -0.15) is 0 Å². The molecule has 1 saturated heterocycles. The van der Waals surface area contributed by atoms with Gasteiger partial charge in [0.15, 0.2) is 0 Å². The molecule has 4 nitrogen and oxygen atoms in total. The van der Waals surface area contributed by atoms with E-state index in [1.165, 1.54) is 0 Å². The molecule has 1 rings (SSSR count). The summed E-state index contributed by atoms with van der Waals surface area (Å²) in [5, 5.41) is 0. The highest BCUT2D eigenvalue weighted by Crippen LogP contribution is 2.20. The van der Waals surface area contributed by atoms with Gasteiger partial charge in [0.25, 0.3) is 0 Å². The molecule has 1 atom stereocenters. The van der Waals surface area contributed by atoms with Gasteiger partial charge < -0.3 is 15.4 Å². The highest BCUT2D eigenvalue weighted by atomic mass is 32.1. The monoisotopic (exact) mass is 244 g/mol. The second-order valence-corrected chi connectivity index (χ2v) is 5.25. The summed E-state index contributed by atoms with van der Waals surface area (Å²) in [6.45, 7) is 4.92. The van der Waals surface area contributed by atoms with E-state index >= 15 is 0 Å². The molecule has 0 aromatic heterocycles. The van der Waals surface area contributed by atoms with Crippen LogP contribution in [0.4, 0.5) is 0 Å². The highest BCUT2D eigenvalue weighted by molar-refractivity contribution is 7.80. The third-order valence-corrected chi connectivity index (χ3v) is 3.51. The lowest BCUT2D eigenvalue weighted by Gasteiger charge is -2.29. The molecule has 1 fully saturated rings. The Balaban J connectivity index is 2.55. The number of hydrogen-bond acceptors (Lipinski definition) is 3. The minimum atomic E-state index is -0.775.